The Labute approximate surface area is 264 Å². The van der Waals surface area contributed by atoms with Crippen LogP contribution in [0.5, 0.6) is 0 Å². The van der Waals surface area contributed by atoms with Crippen LogP contribution in [-0.4, -0.2) is 49.9 Å². The summed E-state index contributed by atoms with van der Waals surface area (Å²) in [6, 6.07) is 15.0. The van der Waals surface area contributed by atoms with Gasteiger partial charge in [0, 0.05) is 42.4 Å². The van der Waals surface area contributed by atoms with Crippen LogP contribution in [0.2, 0.25) is 0 Å². The van der Waals surface area contributed by atoms with Crippen molar-refractivity contribution in [2.24, 2.45) is 0 Å². The molecule has 0 unspecified atom stereocenters. The Kier molecular flexibility index (Phi) is 16.5. The molecule has 2 aromatic carbocycles. The van der Waals surface area contributed by atoms with E-state index in [1.807, 2.05) is 0 Å². The fraction of sp³-hybridized carbons (Fsp3) is 0.611. The van der Waals surface area contributed by atoms with Crippen molar-refractivity contribution in [3.05, 3.63) is 53.6 Å². The lowest BCUT2D eigenvalue weighted by molar-refractivity contribution is -0.152. The molecule has 238 valence electrons. The van der Waals surface area contributed by atoms with Gasteiger partial charge in [0.1, 0.15) is 0 Å². The number of ether oxygens (including phenoxy) is 2. The van der Waals surface area contributed by atoms with E-state index in [9.17, 15) is 9.59 Å². The van der Waals surface area contributed by atoms with Gasteiger partial charge in [0.2, 0.25) is 6.79 Å². The molecule has 1 amide bonds. The lowest BCUT2D eigenvalue weighted by Crippen LogP contribution is -2.49. The summed E-state index contributed by atoms with van der Waals surface area (Å²) in [7, 11) is 0. The number of hydrogen-bond acceptors (Lipinski definition) is 6. The molecule has 1 fully saturated rings. The second kappa shape index (κ2) is 20.3. The maximum atomic E-state index is 12.6. The van der Waals surface area contributed by atoms with Crippen LogP contribution in [0.15, 0.2) is 52.3 Å². The molecule has 0 aromatic heterocycles. The van der Waals surface area contributed by atoms with Crippen molar-refractivity contribution in [2.45, 2.75) is 120 Å². The number of benzene rings is 2. The molecule has 0 atom stereocenters. The molecule has 0 aliphatic carbocycles. The average molecular weight is 611 g/mol. The van der Waals surface area contributed by atoms with Crippen LogP contribution in [0.4, 0.5) is 10.5 Å². The molecule has 0 N–H and O–H groups in total. The number of aryl methyl sites for hydroxylation is 2. The first-order chi connectivity index (χ1) is 21.0. The standard InChI is InChI=1S/C36H54N2O4S/c1-4-5-6-7-8-9-10-11-12-13-14-15-16-21-35(39)41-29-42-36(40)38-26-24-37(25-27-38)32-19-17-18-20-34(32)43-33-23-22-30(2)28-31(33)3/h17-20,22-23,28H,4-16,21,24-27,29H2,1-3H3. The van der Waals surface area contributed by atoms with Gasteiger partial charge in [0.15, 0.2) is 0 Å². The van der Waals surface area contributed by atoms with Crippen molar-refractivity contribution < 1.29 is 19.1 Å². The van der Waals surface area contributed by atoms with Crippen LogP contribution in [-0.2, 0) is 14.3 Å². The van der Waals surface area contributed by atoms with Gasteiger partial charge >= 0.3 is 12.1 Å². The lowest BCUT2D eigenvalue weighted by atomic mass is 10.0. The second-order valence-electron chi connectivity index (χ2n) is 11.8. The van der Waals surface area contributed by atoms with Crippen molar-refractivity contribution in [1.82, 2.24) is 4.90 Å². The number of esters is 1. The van der Waals surface area contributed by atoms with Crippen molar-refractivity contribution in [1.29, 1.82) is 0 Å². The Bertz CT molecular complexity index is 1100. The van der Waals surface area contributed by atoms with E-state index >= 15 is 0 Å². The Morgan fingerprint density at radius 1 is 0.721 bits per heavy atom. The summed E-state index contributed by atoms with van der Waals surface area (Å²) < 4.78 is 10.4. The number of para-hydroxylation sites is 1. The van der Waals surface area contributed by atoms with Crippen LogP contribution >= 0.6 is 11.8 Å². The summed E-state index contributed by atoms with van der Waals surface area (Å²) in [5, 5.41) is 0. The lowest BCUT2D eigenvalue weighted by Gasteiger charge is -2.36. The van der Waals surface area contributed by atoms with Crippen LogP contribution in [0, 0.1) is 13.8 Å². The highest BCUT2D eigenvalue weighted by molar-refractivity contribution is 7.99. The Hall–Kier alpha value is -2.67. The highest BCUT2D eigenvalue weighted by Crippen LogP contribution is 2.37. The number of amides is 1. The number of hydrogen-bond donors (Lipinski definition) is 0. The van der Waals surface area contributed by atoms with Gasteiger partial charge in [-0.25, -0.2) is 4.79 Å². The smallest absolute Gasteiger partial charge is 0.412 e. The fourth-order valence-corrected chi connectivity index (χ4v) is 6.60. The minimum absolute atomic E-state index is 0.293. The van der Waals surface area contributed by atoms with E-state index in [-0.39, 0.29) is 12.8 Å². The SMILES string of the molecule is CCCCCCCCCCCCCCCC(=O)OCOC(=O)N1CCN(c2ccccc2Sc2ccc(C)cc2C)CC1. The van der Waals surface area contributed by atoms with Crippen molar-refractivity contribution >= 4 is 29.5 Å². The van der Waals surface area contributed by atoms with Gasteiger partial charge in [0.05, 0.1) is 5.69 Å². The Morgan fingerprint density at radius 3 is 1.95 bits per heavy atom. The maximum absolute atomic E-state index is 12.6. The zero-order valence-electron chi connectivity index (χ0n) is 26.9. The molecule has 1 heterocycles. The third kappa shape index (κ3) is 13.2. The van der Waals surface area contributed by atoms with Crippen molar-refractivity contribution in [2.75, 3.05) is 37.9 Å². The highest BCUT2D eigenvalue weighted by atomic mass is 32.2. The summed E-state index contributed by atoms with van der Waals surface area (Å²) in [5.74, 6) is -0.293. The van der Waals surface area contributed by atoms with E-state index in [0.29, 0.717) is 19.5 Å². The molecule has 0 bridgehead atoms. The third-order valence-electron chi connectivity index (χ3n) is 8.18. The summed E-state index contributed by atoms with van der Waals surface area (Å²) in [6.45, 7) is 8.79. The monoisotopic (exact) mass is 610 g/mol. The normalized spacial score (nSPS) is 13.3. The van der Waals surface area contributed by atoms with Gasteiger partial charge in [-0.15, -0.1) is 0 Å². The van der Waals surface area contributed by atoms with E-state index < -0.39 is 6.09 Å². The van der Waals surface area contributed by atoms with Crippen LogP contribution in [0.1, 0.15) is 108 Å². The number of carbonyl (C=O) groups is 2. The average Bonchev–Trinajstić information content (AvgIpc) is 3.01. The third-order valence-corrected chi connectivity index (χ3v) is 9.42. The Morgan fingerprint density at radius 2 is 1.33 bits per heavy atom. The molecule has 2 aromatic rings. The zero-order chi connectivity index (χ0) is 30.7. The largest absolute Gasteiger partial charge is 0.428 e. The molecular formula is C36H54N2O4S. The number of carbonyl (C=O) groups excluding carboxylic acids is 2. The molecule has 43 heavy (non-hydrogen) atoms. The molecule has 0 spiro atoms. The molecule has 6 nitrogen and oxygen atoms in total. The van der Waals surface area contributed by atoms with E-state index in [2.05, 4.69) is 68.1 Å². The minimum atomic E-state index is -0.425. The van der Waals surface area contributed by atoms with Gasteiger partial charge in [-0.05, 0) is 44.0 Å². The predicted octanol–water partition coefficient (Wildman–Crippen LogP) is 9.70. The van der Waals surface area contributed by atoms with Crippen LogP contribution in [0.3, 0.4) is 0 Å². The molecule has 7 heteroatoms. The first-order valence-corrected chi connectivity index (χ1v) is 17.5. The van der Waals surface area contributed by atoms with Crippen LogP contribution in [0.25, 0.3) is 0 Å². The summed E-state index contributed by atoms with van der Waals surface area (Å²) >= 11 is 1.78. The molecule has 1 saturated heterocycles. The van der Waals surface area contributed by atoms with E-state index in [1.165, 1.54) is 97.2 Å². The van der Waals surface area contributed by atoms with Gasteiger partial charge in [-0.2, -0.15) is 0 Å². The second-order valence-corrected chi connectivity index (χ2v) is 12.9. The van der Waals surface area contributed by atoms with Crippen molar-refractivity contribution in [3.8, 4) is 0 Å². The van der Waals surface area contributed by atoms with Gasteiger partial charge in [-0.3, -0.25) is 4.79 Å². The van der Waals surface area contributed by atoms with E-state index in [4.69, 9.17) is 9.47 Å². The quantitative estimate of drug-likeness (QED) is 0.0897. The fourth-order valence-electron chi connectivity index (χ4n) is 5.56. The highest BCUT2D eigenvalue weighted by Gasteiger charge is 2.24. The first kappa shape index (κ1) is 34.8. The molecular weight excluding hydrogens is 556 g/mol. The topological polar surface area (TPSA) is 59.1 Å². The molecule has 1 aliphatic rings. The number of piperazine rings is 1. The van der Waals surface area contributed by atoms with E-state index in [0.717, 1.165) is 25.9 Å². The summed E-state index contributed by atoms with van der Waals surface area (Å²) in [5.41, 5.74) is 3.72. The van der Waals surface area contributed by atoms with Gasteiger partial charge < -0.3 is 19.3 Å². The number of nitrogens with zero attached hydrogens (tertiary/aromatic N) is 2. The van der Waals surface area contributed by atoms with Crippen LogP contribution < -0.4 is 4.90 Å². The van der Waals surface area contributed by atoms with Crippen molar-refractivity contribution in [3.63, 3.8) is 0 Å². The summed E-state index contributed by atoms with van der Waals surface area (Å²) in [4.78, 5) is 31.1. The number of rotatable bonds is 19. The molecule has 0 radical (unpaired) electrons. The maximum Gasteiger partial charge on any atom is 0.412 e. The molecule has 1 aliphatic heterocycles. The van der Waals surface area contributed by atoms with Gasteiger partial charge in [-0.1, -0.05) is 126 Å². The first-order valence-electron chi connectivity index (χ1n) is 16.6. The van der Waals surface area contributed by atoms with Gasteiger partial charge in [0.25, 0.3) is 0 Å². The molecule has 0 saturated carbocycles. The molecule has 3 rings (SSSR count). The number of unbranched alkanes of at least 4 members (excludes halogenated alkanes) is 12. The van der Waals surface area contributed by atoms with E-state index in [1.54, 1.807) is 16.7 Å². The Balaban J connectivity index is 1.24. The zero-order valence-corrected chi connectivity index (χ0v) is 27.7. The minimum Gasteiger partial charge on any atom is -0.428 e. The predicted molar refractivity (Wildman–Crippen MR) is 178 cm³/mol. The summed E-state index contributed by atoms with van der Waals surface area (Å²) in [6.07, 6.45) is 16.5. The number of anilines is 1.